The molecule has 0 aliphatic carbocycles. The zero-order valence-corrected chi connectivity index (χ0v) is 20.2. The third-order valence-electron chi connectivity index (χ3n) is 6.69. The number of carbonyl (C=O) groups is 1. The van der Waals surface area contributed by atoms with Gasteiger partial charge in [0.25, 0.3) is 0 Å². The molecule has 1 spiro atoms. The number of halogens is 3. The number of fused-ring (bicyclic) bond motifs is 2. The average molecular weight is 532 g/mol. The van der Waals surface area contributed by atoms with Crippen molar-refractivity contribution in [3.8, 4) is 11.3 Å². The molecule has 9 heteroatoms. The Labute approximate surface area is 204 Å². The lowest BCUT2D eigenvalue weighted by molar-refractivity contribution is -0.118. The highest BCUT2D eigenvalue weighted by Crippen LogP contribution is 2.52. The topological polar surface area (TPSA) is 76.4 Å². The van der Waals surface area contributed by atoms with Crippen molar-refractivity contribution < 1.29 is 22.8 Å². The number of rotatable bonds is 5. The molecular weight excluding hydrogens is 508 g/mol. The maximum absolute atomic E-state index is 14.2. The molecule has 34 heavy (non-hydrogen) atoms. The zero-order chi connectivity index (χ0) is 23.9. The standard InChI is InChI=1S/C25H24BrF2N3O3/c1-14(32)30-8-6-15-4-2-3-5-17(15)24-22(26)23(31-34-24)19-12-29-9-7-25(19)18-11-21(28)20(27)10-16(18)13-33-25/h2-5,10-11,19,29H,6-9,12-13H2,1H3,(H,30,32)/t19?,25-/m0/s1. The van der Waals surface area contributed by atoms with Crippen molar-refractivity contribution in [2.45, 2.75) is 37.9 Å². The van der Waals surface area contributed by atoms with E-state index in [1.54, 1.807) is 0 Å². The van der Waals surface area contributed by atoms with E-state index in [1.165, 1.54) is 19.1 Å². The molecule has 2 aliphatic rings. The van der Waals surface area contributed by atoms with E-state index in [9.17, 15) is 13.6 Å². The van der Waals surface area contributed by atoms with Crippen molar-refractivity contribution in [2.24, 2.45) is 0 Å². The molecule has 2 aliphatic heterocycles. The van der Waals surface area contributed by atoms with E-state index >= 15 is 0 Å². The average Bonchev–Trinajstić information content (AvgIpc) is 3.36. The number of piperidine rings is 1. The normalized spacial score (nSPS) is 21.6. The van der Waals surface area contributed by atoms with E-state index in [0.717, 1.165) is 11.1 Å². The molecule has 6 nitrogen and oxygen atoms in total. The first-order valence-electron chi connectivity index (χ1n) is 11.2. The molecule has 0 bridgehead atoms. The number of benzene rings is 2. The van der Waals surface area contributed by atoms with Crippen LogP contribution in [0.2, 0.25) is 0 Å². The van der Waals surface area contributed by atoms with E-state index in [1.807, 2.05) is 24.3 Å². The molecule has 2 atom stereocenters. The SMILES string of the molecule is CC(=O)NCCc1ccccc1-c1onc(C2CNCC[C@@]23OCc2cc(F)c(F)cc23)c1Br. The minimum absolute atomic E-state index is 0.0797. The van der Waals surface area contributed by atoms with Gasteiger partial charge in [-0.05, 0) is 64.1 Å². The van der Waals surface area contributed by atoms with Gasteiger partial charge < -0.3 is 19.9 Å². The van der Waals surface area contributed by atoms with Crippen molar-refractivity contribution in [3.63, 3.8) is 0 Å². The van der Waals surface area contributed by atoms with Crippen LogP contribution in [0.4, 0.5) is 8.78 Å². The van der Waals surface area contributed by atoms with Crippen LogP contribution in [-0.4, -0.2) is 30.7 Å². The molecule has 178 valence electrons. The van der Waals surface area contributed by atoms with Gasteiger partial charge in [-0.25, -0.2) is 8.78 Å². The lowest BCUT2D eigenvalue weighted by atomic mass is 9.74. The molecule has 1 fully saturated rings. The molecule has 1 amide bonds. The van der Waals surface area contributed by atoms with Gasteiger partial charge in [0, 0.05) is 25.6 Å². The third kappa shape index (κ3) is 3.95. The Kier molecular flexibility index (Phi) is 6.26. The minimum Gasteiger partial charge on any atom is -0.365 e. The first kappa shape index (κ1) is 23.1. The van der Waals surface area contributed by atoms with Crippen LogP contribution in [0.15, 0.2) is 45.4 Å². The molecule has 2 aromatic carbocycles. The van der Waals surface area contributed by atoms with Crippen LogP contribution in [0.5, 0.6) is 0 Å². The van der Waals surface area contributed by atoms with Gasteiger partial charge in [-0.3, -0.25) is 4.79 Å². The van der Waals surface area contributed by atoms with Crippen LogP contribution < -0.4 is 10.6 Å². The molecule has 3 aromatic rings. The quantitative estimate of drug-likeness (QED) is 0.504. The van der Waals surface area contributed by atoms with Crippen LogP contribution in [0.25, 0.3) is 11.3 Å². The Morgan fingerprint density at radius 1 is 1.29 bits per heavy atom. The lowest BCUT2D eigenvalue weighted by Gasteiger charge is -2.40. The Morgan fingerprint density at radius 3 is 2.91 bits per heavy atom. The summed E-state index contributed by atoms with van der Waals surface area (Å²) in [5, 5.41) is 10.6. The van der Waals surface area contributed by atoms with Crippen LogP contribution >= 0.6 is 15.9 Å². The number of aromatic nitrogens is 1. The summed E-state index contributed by atoms with van der Waals surface area (Å²) in [7, 11) is 0. The molecule has 1 unspecified atom stereocenters. The second-order valence-corrected chi connectivity index (χ2v) is 9.50. The third-order valence-corrected chi connectivity index (χ3v) is 7.46. The minimum atomic E-state index is -0.881. The van der Waals surface area contributed by atoms with Crippen LogP contribution in [0, 0.1) is 11.6 Å². The summed E-state index contributed by atoms with van der Waals surface area (Å²) < 4.78 is 40.9. The smallest absolute Gasteiger partial charge is 0.216 e. The van der Waals surface area contributed by atoms with Crippen molar-refractivity contribution in [1.29, 1.82) is 0 Å². The first-order valence-corrected chi connectivity index (χ1v) is 12.0. The molecule has 0 radical (unpaired) electrons. The number of nitrogens with one attached hydrogen (secondary N) is 2. The molecule has 5 rings (SSSR count). The molecule has 1 saturated heterocycles. The van der Waals surface area contributed by atoms with Crippen LogP contribution in [0.3, 0.4) is 0 Å². The summed E-state index contributed by atoms with van der Waals surface area (Å²) >= 11 is 3.70. The summed E-state index contributed by atoms with van der Waals surface area (Å²) in [6.07, 6.45) is 1.23. The first-order chi connectivity index (χ1) is 16.4. The highest BCUT2D eigenvalue weighted by atomic mass is 79.9. The number of hydrogen-bond donors (Lipinski definition) is 2. The van der Waals surface area contributed by atoms with E-state index in [4.69, 9.17) is 9.26 Å². The Morgan fingerprint density at radius 2 is 2.09 bits per heavy atom. The van der Waals surface area contributed by atoms with E-state index in [0.29, 0.717) is 59.5 Å². The second kappa shape index (κ2) is 9.20. The number of carbonyl (C=O) groups excluding carboxylic acids is 1. The highest BCUT2D eigenvalue weighted by Gasteiger charge is 2.51. The van der Waals surface area contributed by atoms with E-state index < -0.39 is 17.2 Å². The van der Waals surface area contributed by atoms with Crippen molar-refractivity contribution in [2.75, 3.05) is 19.6 Å². The fourth-order valence-electron chi connectivity index (χ4n) is 5.07. The van der Waals surface area contributed by atoms with E-state index in [2.05, 4.69) is 31.7 Å². The Hall–Kier alpha value is -2.62. The van der Waals surface area contributed by atoms with Gasteiger partial charge in [-0.1, -0.05) is 29.4 Å². The molecule has 3 heterocycles. The summed E-state index contributed by atoms with van der Waals surface area (Å²) in [5.41, 5.74) is 3.06. The van der Waals surface area contributed by atoms with Crippen molar-refractivity contribution in [3.05, 3.63) is 74.9 Å². The number of ether oxygens (including phenoxy) is 1. The molecule has 0 saturated carbocycles. The van der Waals surface area contributed by atoms with Crippen molar-refractivity contribution >= 4 is 21.8 Å². The predicted molar refractivity (Wildman–Crippen MR) is 125 cm³/mol. The van der Waals surface area contributed by atoms with Gasteiger partial charge in [0.15, 0.2) is 17.4 Å². The maximum atomic E-state index is 14.2. The van der Waals surface area contributed by atoms with Gasteiger partial charge in [0.2, 0.25) is 5.91 Å². The van der Waals surface area contributed by atoms with Gasteiger partial charge in [0.1, 0.15) is 11.3 Å². The largest absolute Gasteiger partial charge is 0.365 e. The van der Waals surface area contributed by atoms with Gasteiger partial charge >= 0.3 is 0 Å². The fraction of sp³-hybridized carbons (Fsp3) is 0.360. The second-order valence-electron chi connectivity index (χ2n) is 8.71. The van der Waals surface area contributed by atoms with Crippen molar-refractivity contribution in [1.82, 2.24) is 15.8 Å². The van der Waals surface area contributed by atoms with E-state index in [-0.39, 0.29) is 18.4 Å². The van der Waals surface area contributed by atoms with Crippen LogP contribution in [-0.2, 0) is 28.2 Å². The highest BCUT2D eigenvalue weighted by molar-refractivity contribution is 9.10. The molecular formula is C25H24BrF2N3O3. The van der Waals surface area contributed by atoms with Gasteiger partial charge in [-0.15, -0.1) is 0 Å². The number of amides is 1. The molecule has 2 N–H and O–H groups in total. The lowest BCUT2D eigenvalue weighted by Crippen LogP contribution is -2.46. The molecule has 1 aromatic heterocycles. The maximum Gasteiger partial charge on any atom is 0.216 e. The fourth-order valence-corrected chi connectivity index (χ4v) is 5.70. The zero-order valence-electron chi connectivity index (χ0n) is 18.6. The van der Waals surface area contributed by atoms with Gasteiger partial charge in [-0.2, -0.15) is 0 Å². The predicted octanol–water partition coefficient (Wildman–Crippen LogP) is 4.56. The number of hydrogen-bond acceptors (Lipinski definition) is 5. The number of nitrogens with zero attached hydrogens (tertiary/aromatic N) is 1. The summed E-state index contributed by atoms with van der Waals surface area (Å²) in [6.45, 7) is 3.45. The summed E-state index contributed by atoms with van der Waals surface area (Å²) in [4.78, 5) is 11.3. The Balaban J connectivity index is 1.52. The summed E-state index contributed by atoms with van der Waals surface area (Å²) in [5.74, 6) is -1.52. The summed E-state index contributed by atoms with van der Waals surface area (Å²) in [6, 6.07) is 10.3. The monoisotopic (exact) mass is 531 g/mol. The Bertz CT molecular complexity index is 1250. The van der Waals surface area contributed by atoms with Crippen LogP contribution in [0.1, 0.15) is 41.6 Å². The van der Waals surface area contributed by atoms with Gasteiger partial charge in [0.05, 0.1) is 17.0 Å².